The minimum absolute atomic E-state index is 0.00840. The van der Waals surface area contributed by atoms with Gasteiger partial charge in [-0.3, -0.25) is 14.4 Å². The molecule has 3 amide bonds. The third kappa shape index (κ3) is 6.23. The summed E-state index contributed by atoms with van der Waals surface area (Å²) in [4.78, 5) is 43.3. The predicted octanol–water partition coefficient (Wildman–Crippen LogP) is 4.12. The first-order valence-electron chi connectivity index (χ1n) is 12.2. The van der Waals surface area contributed by atoms with Gasteiger partial charge in [0.2, 0.25) is 5.91 Å². The molecule has 2 aliphatic rings. The van der Waals surface area contributed by atoms with Crippen LogP contribution in [0.3, 0.4) is 0 Å². The number of carbonyl (C=O) groups is 3. The van der Waals surface area contributed by atoms with Crippen LogP contribution in [0.5, 0.6) is 5.75 Å². The summed E-state index contributed by atoms with van der Waals surface area (Å²) in [5.41, 5.74) is 1.14. The molecule has 186 valence electrons. The van der Waals surface area contributed by atoms with Crippen molar-refractivity contribution in [2.75, 3.05) is 33.3 Å². The van der Waals surface area contributed by atoms with Crippen LogP contribution >= 0.6 is 15.9 Å². The normalized spacial score (nSPS) is 17.5. The van der Waals surface area contributed by atoms with Crippen molar-refractivity contribution < 1.29 is 19.1 Å². The van der Waals surface area contributed by atoms with Crippen molar-refractivity contribution in [1.82, 2.24) is 15.1 Å². The fraction of sp³-hybridized carbons (Fsp3) is 0.444. The van der Waals surface area contributed by atoms with Crippen molar-refractivity contribution in [3.63, 3.8) is 0 Å². The van der Waals surface area contributed by atoms with Gasteiger partial charge in [0.05, 0.1) is 7.11 Å². The number of rotatable bonds is 6. The van der Waals surface area contributed by atoms with Crippen LogP contribution in [-0.4, -0.2) is 66.9 Å². The van der Waals surface area contributed by atoms with Crippen LogP contribution in [0.4, 0.5) is 0 Å². The van der Waals surface area contributed by atoms with E-state index < -0.39 is 6.04 Å². The monoisotopic (exact) mass is 541 g/mol. The Labute approximate surface area is 214 Å². The van der Waals surface area contributed by atoms with E-state index in [1.54, 1.807) is 31.4 Å². The Morgan fingerprint density at radius 2 is 1.60 bits per heavy atom. The van der Waals surface area contributed by atoms with E-state index in [1.807, 2.05) is 34.1 Å². The van der Waals surface area contributed by atoms with E-state index in [-0.39, 0.29) is 23.6 Å². The molecule has 2 aromatic carbocycles. The molecular formula is C27H32BrN3O4. The van der Waals surface area contributed by atoms with Crippen LogP contribution in [-0.2, 0) is 4.79 Å². The van der Waals surface area contributed by atoms with E-state index in [4.69, 9.17) is 4.74 Å². The van der Waals surface area contributed by atoms with Gasteiger partial charge in [0, 0.05) is 41.8 Å². The van der Waals surface area contributed by atoms with Gasteiger partial charge >= 0.3 is 0 Å². The van der Waals surface area contributed by atoms with Crippen molar-refractivity contribution in [2.24, 2.45) is 5.92 Å². The molecule has 0 spiro atoms. The quantitative estimate of drug-likeness (QED) is 0.596. The first-order valence-corrected chi connectivity index (χ1v) is 13.0. The highest BCUT2D eigenvalue weighted by atomic mass is 79.9. The summed E-state index contributed by atoms with van der Waals surface area (Å²) in [6.45, 7) is 2.57. The Bertz CT molecular complexity index is 1040. The van der Waals surface area contributed by atoms with Gasteiger partial charge < -0.3 is 19.9 Å². The average molecular weight is 542 g/mol. The molecule has 0 saturated carbocycles. The van der Waals surface area contributed by atoms with E-state index in [0.29, 0.717) is 42.8 Å². The Kier molecular flexibility index (Phi) is 8.44. The molecule has 4 rings (SSSR count). The molecule has 0 radical (unpaired) electrons. The number of benzene rings is 2. The van der Waals surface area contributed by atoms with Gasteiger partial charge in [0.1, 0.15) is 11.8 Å². The van der Waals surface area contributed by atoms with Crippen LogP contribution < -0.4 is 10.1 Å². The highest BCUT2D eigenvalue weighted by molar-refractivity contribution is 9.10. The van der Waals surface area contributed by atoms with Crippen LogP contribution in [0.2, 0.25) is 0 Å². The van der Waals surface area contributed by atoms with Crippen molar-refractivity contribution in [3.8, 4) is 5.75 Å². The van der Waals surface area contributed by atoms with E-state index >= 15 is 0 Å². The molecule has 0 bridgehead atoms. The molecule has 7 nitrogen and oxygen atoms in total. The number of nitrogens with zero attached hydrogens (tertiary/aromatic N) is 2. The SMILES string of the molecule is COc1ccc(C(=O)N[C@@H](C(=O)N2CCCCC2)C2CCN(C(=O)c3cccc(Br)c3)CC2)cc1. The Morgan fingerprint density at radius 1 is 0.914 bits per heavy atom. The van der Waals surface area contributed by atoms with Gasteiger partial charge in [-0.15, -0.1) is 0 Å². The van der Waals surface area contributed by atoms with Gasteiger partial charge in [-0.05, 0) is 80.5 Å². The molecule has 2 aliphatic heterocycles. The summed E-state index contributed by atoms with van der Waals surface area (Å²) < 4.78 is 6.05. The van der Waals surface area contributed by atoms with Crippen molar-refractivity contribution >= 4 is 33.7 Å². The van der Waals surface area contributed by atoms with Gasteiger partial charge in [-0.2, -0.15) is 0 Å². The Morgan fingerprint density at radius 3 is 2.23 bits per heavy atom. The zero-order chi connectivity index (χ0) is 24.8. The number of amides is 3. The first kappa shape index (κ1) is 25.2. The lowest BCUT2D eigenvalue weighted by atomic mass is 9.87. The molecule has 2 aromatic rings. The fourth-order valence-corrected chi connectivity index (χ4v) is 5.30. The summed E-state index contributed by atoms with van der Waals surface area (Å²) in [7, 11) is 1.58. The summed E-state index contributed by atoms with van der Waals surface area (Å²) >= 11 is 3.43. The maximum Gasteiger partial charge on any atom is 0.253 e. The number of likely N-dealkylation sites (tertiary alicyclic amines) is 2. The van der Waals surface area contributed by atoms with Gasteiger partial charge in [-0.1, -0.05) is 22.0 Å². The maximum absolute atomic E-state index is 13.5. The lowest BCUT2D eigenvalue weighted by molar-refractivity contribution is -0.136. The largest absolute Gasteiger partial charge is 0.497 e. The first-order chi connectivity index (χ1) is 17.0. The summed E-state index contributed by atoms with van der Waals surface area (Å²) in [5, 5.41) is 3.04. The van der Waals surface area contributed by atoms with Crippen LogP contribution in [0.25, 0.3) is 0 Å². The molecule has 8 heteroatoms. The number of methoxy groups -OCH3 is 1. The second-order valence-electron chi connectivity index (χ2n) is 9.21. The molecule has 2 fully saturated rings. The number of hydrogen-bond donors (Lipinski definition) is 1. The zero-order valence-electron chi connectivity index (χ0n) is 20.0. The van der Waals surface area contributed by atoms with Crippen molar-refractivity contribution in [1.29, 1.82) is 0 Å². The number of ether oxygens (including phenoxy) is 1. The van der Waals surface area contributed by atoms with Crippen LogP contribution in [0.1, 0.15) is 52.8 Å². The molecule has 0 aliphatic carbocycles. The van der Waals surface area contributed by atoms with Gasteiger partial charge in [0.15, 0.2) is 0 Å². The topological polar surface area (TPSA) is 79.0 Å². The average Bonchev–Trinajstić information content (AvgIpc) is 2.91. The van der Waals surface area contributed by atoms with Crippen LogP contribution in [0, 0.1) is 5.92 Å². The fourth-order valence-electron chi connectivity index (χ4n) is 4.90. The summed E-state index contributed by atoms with van der Waals surface area (Å²) in [5.74, 6) is 0.355. The molecule has 0 aromatic heterocycles. The predicted molar refractivity (Wildman–Crippen MR) is 137 cm³/mol. The van der Waals surface area contributed by atoms with E-state index in [1.165, 1.54) is 0 Å². The molecule has 1 N–H and O–H groups in total. The second-order valence-corrected chi connectivity index (χ2v) is 10.1. The van der Waals surface area contributed by atoms with E-state index in [0.717, 1.165) is 36.8 Å². The second kappa shape index (κ2) is 11.7. The number of halogens is 1. The smallest absolute Gasteiger partial charge is 0.253 e. The Balaban J connectivity index is 1.46. The molecule has 2 heterocycles. The lowest BCUT2D eigenvalue weighted by Crippen LogP contribution is -2.55. The summed E-state index contributed by atoms with van der Waals surface area (Å²) in [6, 6.07) is 13.7. The van der Waals surface area contributed by atoms with E-state index in [2.05, 4.69) is 21.2 Å². The zero-order valence-corrected chi connectivity index (χ0v) is 21.6. The standard InChI is InChI=1S/C27H32BrN3O4/c1-35-23-10-8-20(9-11-23)25(32)29-24(27(34)30-14-3-2-4-15-30)19-12-16-31(17-13-19)26(33)21-6-5-7-22(28)18-21/h5-11,18-19,24H,2-4,12-17H2,1H3,(H,29,32)/t24-/m1/s1. The van der Waals surface area contributed by atoms with E-state index in [9.17, 15) is 14.4 Å². The minimum atomic E-state index is -0.606. The third-order valence-electron chi connectivity index (χ3n) is 6.94. The molecule has 2 saturated heterocycles. The minimum Gasteiger partial charge on any atom is -0.497 e. The number of piperidine rings is 2. The Hall–Kier alpha value is -2.87. The van der Waals surface area contributed by atoms with Crippen molar-refractivity contribution in [2.45, 2.75) is 38.1 Å². The molecule has 1 atom stereocenters. The molecule has 35 heavy (non-hydrogen) atoms. The third-order valence-corrected chi connectivity index (χ3v) is 7.44. The number of hydrogen-bond acceptors (Lipinski definition) is 4. The van der Waals surface area contributed by atoms with Gasteiger partial charge in [0.25, 0.3) is 11.8 Å². The maximum atomic E-state index is 13.5. The van der Waals surface area contributed by atoms with Crippen LogP contribution in [0.15, 0.2) is 53.0 Å². The number of carbonyl (C=O) groups excluding carboxylic acids is 3. The molecular weight excluding hydrogens is 510 g/mol. The van der Waals surface area contributed by atoms with Gasteiger partial charge in [-0.25, -0.2) is 0 Å². The van der Waals surface area contributed by atoms with Crippen molar-refractivity contribution in [3.05, 3.63) is 64.1 Å². The lowest BCUT2D eigenvalue weighted by Gasteiger charge is -2.38. The highest BCUT2D eigenvalue weighted by Crippen LogP contribution is 2.25. The summed E-state index contributed by atoms with van der Waals surface area (Å²) in [6.07, 6.45) is 4.43. The molecule has 0 unspecified atom stereocenters. The number of nitrogens with one attached hydrogen (secondary N) is 1. The highest BCUT2D eigenvalue weighted by Gasteiger charge is 2.36.